The highest BCUT2D eigenvalue weighted by Crippen LogP contribution is 1.88. The van der Waals surface area contributed by atoms with E-state index in [0.29, 0.717) is 19.6 Å². The van der Waals surface area contributed by atoms with Gasteiger partial charge in [-0.2, -0.15) is 0 Å². The standard InChI is InChI=1S/C8H17NO2/c1-3-4-8(10)7-9-5-6-11-2/h3,8-10H,1,4-7H2,2H3. The van der Waals surface area contributed by atoms with E-state index in [2.05, 4.69) is 11.9 Å². The van der Waals surface area contributed by atoms with Crippen molar-refractivity contribution in [1.82, 2.24) is 5.32 Å². The van der Waals surface area contributed by atoms with Crippen molar-refractivity contribution < 1.29 is 9.84 Å². The van der Waals surface area contributed by atoms with Gasteiger partial charge in [0.15, 0.2) is 0 Å². The minimum Gasteiger partial charge on any atom is -0.391 e. The number of hydrogen-bond acceptors (Lipinski definition) is 3. The van der Waals surface area contributed by atoms with Crippen molar-refractivity contribution in [2.24, 2.45) is 0 Å². The molecule has 0 saturated heterocycles. The van der Waals surface area contributed by atoms with Crippen LogP contribution in [0, 0.1) is 0 Å². The summed E-state index contributed by atoms with van der Waals surface area (Å²) in [4.78, 5) is 0. The zero-order valence-corrected chi connectivity index (χ0v) is 7.05. The number of aliphatic hydroxyl groups is 1. The van der Waals surface area contributed by atoms with Crippen LogP contribution < -0.4 is 5.32 Å². The lowest BCUT2D eigenvalue weighted by atomic mass is 10.2. The van der Waals surface area contributed by atoms with Crippen LogP contribution in [-0.2, 0) is 4.74 Å². The predicted molar refractivity (Wildman–Crippen MR) is 45.6 cm³/mol. The average molecular weight is 159 g/mol. The second-order valence-electron chi connectivity index (χ2n) is 2.38. The highest BCUT2D eigenvalue weighted by atomic mass is 16.5. The van der Waals surface area contributed by atoms with Crippen molar-refractivity contribution in [2.75, 3.05) is 26.8 Å². The number of aliphatic hydroxyl groups excluding tert-OH is 1. The van der Waals surface area contributed by atoms with E-state index in [-0.39, 0.29) is 6.10 Å². The molecule has 66 valence electrons. The summed E-state index contributed by atoms with van der Waals surface area (Å²) in [6.45, 7) is 5.60. The number of ether oxygens (including phenoxy) is 1. The summed E-state index contributed by atoms with van der Waals surface area (Å²) in [6.07, 6.45) is 2.03. The van der Waals surface area contributed by atoms with Gasteiger partial charge in [-0.25, -0.2) is 0 Å². The smallest absolute Gasteiger partial charge is 0.0698 e. The van der Waals surface area contributed by atoms with E-state index in [1.807, 2.05) is 0 Å². The Kier molecular flexibility index (Phi) is 7.46. The van der Waals surface area contributed by atoms with Crippen LogP contribution in [0.1, 0.15) is 6.42 Å². The molecule has 0 radical (unpaired) electrons. The van der Waals surface area contributed by atoms with Gasteiger partial charge in [0.05, 0.1) is 12.7 Å². The molecule has 0 aliphatic rings. The Balaban J connectivity index is 3.03. The molecule has 0 aliphatic carbocycles. The topological polar surface area (TPSA) is 41.5 Å². The number of methoxy groups -OCH3 is 1. The molecule has 0 aromatic carbocycles. The zero-order valence-electron chi connectivity index (χ0n) is 7.05. The Labute approximate surface area is 68.1 Å². The van der Waals surface area contributed by atoms with Gasteiger partial charge in [-0.15, -0.1) is 6.58 Å². The second kappa shape index (κ2) is 7.72. The predicted octanol–water partition coefficient (Wildman–Crippen LogP) is 0.159. The van der Waals surface area contributed by atoms with E-state index < -0.39 is 0 Å². The lowest BCUT2D eigenvalue weighted by molar-refractivity contribution is 0.162. The van der Waals surface area contributed by atoms with E-state index >= 15 is 0 Å². The fraction of sp³-hybridized carbons (Fsp3) is 0.750. The third-order valence-corrected chi connectivity index (χ3v) is 1.30. The molecule has 0 saturated carbocycles. The molecule has 3 nitrogen and oxygen atoms in total. The van der Waals surface area contributed by atoms with E-state index in [9.17, 15) is 5.11 Å². The number of hydrogen-bond donors (Lipinski definition) is 2. The lowest BCUT2D eigenvalue weighted by Gasteiger charge is -2.08. The first-order valence-corrected chi connectivity index (χ1v) is 3.80. The van der Waals surface area contributed by atoms with Crippen LogP contribution in [0.5, 0.6) is 0 Å². The maximum atomic E-state index is 9.17. The largest absolute Gasteiger partial charge is 0.391 e. The summed E-state index contributed by atoms with van der Waals surface area (Å²) in [6, 6.07) is 0. The molecular formula is C8H17NO2. The van der Waals surface area contributed by atoms with Crippen molar-refractivity contribution in [1.29, 1.82) is 0 Å². The van der Waals surface area contributed by atoms with Crippen molar-refractivity contribution in [3.8, 4) is 0 Å². The van der Waals surface area contributed by atoms with Crippen LogP contribution in [-0.4, -0.2) is 38.0 Å². The quantitative estimate of drug-likeness (QED) is 0.411. The van der Waals surface area contributed by atoms with E-state index in [0.717, 1.165) is 6.54 Å². The Hall–Kier alpha value is -0.380. The molecule has 0 rings (SSSR count). The van der Waals surface area contributed by atoms with Crippen LogP contribution >= 0.6 is 0 Å². The summed E-state index contributed by atoms with van der Waals surface area (Å²) in [5.74, 6) is 0. The zero-order chi connectivity index (χ0) is 8.53. The number of nitrogens with one attached hydrogen (secondary N) is 1. The normalized spacial score (nSPS) is 12.9. The van der Waals surface area contributed by atoms with Gasteiger partial charge >= 0.3 is 0 Å². The van der Waals surface area contributed by atoms with Crippen molar-refractivity contribution in [2.45, 2.75) is 12.5 Å². The second-order valence-corrected chi connectivity index (χ2v) is 2.38. The van der Waals surface area contributed by atoms with Crippen LogP contribution in [0.2, 0.25) is 0 Å². The first-order valence-electron chi connectivity index (χ1n) is 3.80. The Morgan fingerprint density at radius 3 is 3.00 bits per heavy atom. The Morgan fingerprint density at radius 2 is 2.45 bits per heavy atom. The van der Waals surface area contributed by atoms with Crippen LogP contribution in [0.4, 0.5) is 0 Å². The monoisotopic (exact) mass is 159 g/mol. The van der Waals surface area contributed by atoms with Crippen LogP contribution in [0.3, 0.4) is 0 Å². The van der Waals surface area contributed by atoms with Crippen LogP contribution in [0.15, 0.2) is 12.7 Å². The fourth-order valence-electron chi connectivity index (χ4n) is 0.719. The summed E-state index contributed by atoms with van der Waals surface area (Å²) < 4.78 is 4.82. The third kappa shape index (κ3) is 7.52. The van der Waals surface area contributed by atoms with Gasteiger partial charge in [0.1, 0.15) is 0 Å². The molecule has 2 N–H and O–H groups in total. The maximum Gasteiger partial charge on any atom is 0.0698 e. The molecular weight excluding hydrogens is 142 g/mol. The van der Waals surface area contributed by atoms with Gasteiger partial charge in [0.2, 0.25) is 0 Å². The molecule has 1 unspecified atom stereocenters. The third-order valence-electron chi connectivity index (χ3n) is 1.30. The molecule has 1 atom stereocenters. The molecule has 0 fully saturated rings. The molecule has 0 amide bonds. The van der Waals surface area contributed by atoms with Crippen molar-refractivity contribution in [3.63, 3.8) is 0 Å². The minimum atomic E-state index is -0.315. The van der Waals surface area contributed by atoms with Gasteiger partial charge < -0.3 is 15.2 Å². The molecule has 11 heavy (non-hydrogen) atoms. The first kappa shape index (κ1) is 10.6. The first-order chi connectivity index (χ1) is 5.31. The van der Waals surface area contributed by atoms with Crippen LogP contribution in [0.25, 0.3) is 0 Å². The summed E-state index contributed by atoms with van der Waals surface area (Å²) in [5, 5.41) is 12.2. The highest BCUT2D eigenvalue weighted by molar-refractivity contribution is 4.73. The molecule has 0 bridgehead atoms. The highest BCUT2D eigenvalue weighted by Gasteiger charge is 1.98. The summed E-state index contributed by atoms with van der Waals surface area (Å²) >= 11 is 0. The molecule has 0 heterocycles. The molecule has 3 heteroatoms. The van der Waals surface area contributed by atoms with E-state index in [1.165, 1.54) is 0 Å². The van der Waals surface area contributed by atoms with Crippen molar-refractivity contribution >= 4 is 0 Å². The Bertz CT molecular complexity index is 96.1. The lowest BCUT2D eigenvalue weighted by Crippen LogP contribution is -2.28. The van der Waals surface area contributed by atoms with E-state index in [1.54, 1.807) is 13.2 Å². The summed E-state index contributed by atoms with van der Waals surface area (Å²) in [7, 11) is 1.65. The molecule has 0 aromatic rings. The summed E-state index contributed by atoms with van der Waals surface area (Å²) in [5.41, 5.74) is 0. The number of rotatable bonds is 7. The van der Waals surface area contributed by atoms with Gasteiger partial charge in [0, 0.05) is 20.2 Å². The van der Waals surface area contributed by atoms with Gasteiger partial charge in [-0.3, -0.25) is 0 Å². The molecule has 0 aliphatic heterocycles. The Morgan fingerprint density at radius 1 is 1.73 bits per heavy atom. The maximum absolute atomic E-state index is 9.17. The van der Waals surface area contributed by atoms with Gasteiger partial charge in [0.25, 0.3) is 0 Å². The average Bonchev–Trinajstić information content (AvgIpc) is 1.99. The van der Waals surface area contributed by atoms with Gasteiger partial charge in [-0.05, 0) is 6.42 Å². The van der Waals surface area contributed by atoms with E-state index in [4.69, 9.17) is 4.74 Å². The van der Waals surface area contributed by atoms with Crippen molar-refractivity contribution in [3.05, 3.63) is 12.7 Å². The fourth-order valence-corrected chi connectivity index (χ4v) is 0.719. The van der Waals surface area contributed by atoms with Gasteiger partial charge in [-0.1, -0.05) is 6.08 Å². The molecule has 0 spiro atoms. The SMILES string of the molecule is C=CCC(O)CNCCOC. The minimum absolute atomic E-state index is 0.315. The molecule has 0 aromatic heterocycles.